The van der Waals surface area contributed by atoms with Crippen LogP contribution in [0, 0.1) is 0 Å². The van der Waals surface area contributed by atoms with Crippen molar-refractivity contribution in [2.24, 2.45) is 0 Å². The molecule has 3 heterocycles. The monoisotopic (exact) mass is 803 g/mol. The first kappa shape index (κ1) is 41.4. The largest absolute Gasteiger partial charge is 0.463 e. The molecule has 8 atom stereocenters. The third-order valence-corrected chi connectivity index (χ3v) is 9.73. The number of anilines is 1. The van der Waals surface area contributed by atoms with Crippen molar-refractivity contribution in [1.82, 2.24) is 9.55 Å². The summed E-state index contributed by atoms with van der Waals surface area (Å²) in [7, 11) is 0. The van der Waals surface area contributed by atoms with Crippen LogP contribution in [0.3, 0.4) is 0 Å². The number of hydrogen-bond donors (Lipinski definition) is 2. The van der Waals surface area contributed by atoms with Gasteiger partial charge in [0.25, 0.3) is 0 Å². The van der Waals surface area contributed by atoms with E-state index in [-0.39, 0.29) is 36.8 Å². The number of para-hydroxylation sites is 2. The summed E-state index contributed by atoms with van der Waals surface area (Å²) in [6, 6.07) is 22.9. The van der Waals surface area contributed by atoms with Crippen LogP contribution < -0.4 is 5.32 Å². The van der Waals surface area contributed by atoms with Gasteiger partial charge in [-0.05, 0) is 35.4 Å². The minimum Gasteiger partial charge on any atom is -0.463 e. The summed E-state index contributed by atoms with van der Waals surface area (Å²) >= 11 is 5.78. The zero-order valence-corrected chi connectivity index (χ0v) is 32.7. The average molecular weight is 804 g/mol. The number of ether oxygens (including phenoxy) is 7. The second-order valence-electron chi connectivity index (χ2n) is 13.9. The van der Waals surface area contributed by atoms with E-state index in [9.17, 15) is 24.3 Å². The number of aliphatic hydroxyl groups excluding tert-OH is 1. The van der Waals surface area contributed by atoms with Crippen molar-refractivity contribution in [3.63, 3.8) is 0 Å². The Kier molecular flexibility index (Phi) is 13.6. The van der Waals surface area contributed by atoms with Crippen LogP contribution in [-0.4, -0.2) is 86.8 Å². The van der Waals surface area contributed by atoms with Gasteiger partial charge in [-0.3, -0.25) is 19.2 Å². The van der Waals surface area contributed by atoms with Gasteiger partial charge in [0.1, 0.15) is 18.8 Å². The highest BCUT2D eigenvalue weighted by Crippen LogP contribution is 2.39. The minimum absolute atomic E-state index is 0.0398. The molecule has 8 unspecified atom stereocenters. The van der Waals surface area contributed by atoms with E-state index in [1.807, 2.05) is 72.8 Å². The fourth-order valence-corrected chi connectivity index (χ4v) is 7.33. The van der Waals surface area contributed by atoms with Gasteiger partial charge in [-0.1, -0.05) is 60.7 Å². The molecule has 6 rings (SSSR count). The summed E-state index contributed by atoms with van der Waals surface area (Å²) in [5, 5.41) is 12.8. The molecule has 16 heteroatoms. The number of benzene rings is 3. The topological polar surface area (TPSA) is 183 Å². The number of carbonyl (C=O) groups is 4. The molecular formula is C41H45N3O12S. The number of carbonyl (C=O) groups excluding carboxylic acids is 4. The van der Waals surface area contributed by atoms with Crippen molar-refractivity contribution in [2.45, 2.75) is 103 Å². The van der Waals surface area contributed by atoms with E-state index in [0.29, 0.717) is 24.2 Å². The molecule has 3 aromatic carbocycles. The number of rotatable bonds is 13. The quantitative estimate of drug-likeness (QED) is 0.104. The normalized spacial score (nSPS) is 24.6. The van der Waals surface area contributed by atoms with Crippen LogP contribution in [0.15, 0.2) is 79.1 Å². The number of aliphatic hydroxyl groups is 1. The van der Waals surface area contributed by atoms with E-state index < -0.39 is 60.7 Å². The van der Waals surface area contributed by atoms with Gasteiger partial charge >= 0.3 is 23.9 Å². The highest BCUT2D eigenvalue weighted by molar-refractivity contribution is 7.80. The Balaban J connectivity index is 1.22. The van der Waals surface area contributed by atoms with E-state index in [1.54, 1.807) is 6.33 Å². The van der Waals surface area contributed by atoms with Gasteiger partial charge in [-0.25, -0.2) is 4.98 Å². The third kappa shape index (κ3) is 10.8. The molecular weight excluding hydrogens is 759 g/mol. The van der Waals surface area contributed by atoms with Crippen molar-refractivity contribution < 1.29 is 57.4 Å². The molecule has 57 heavy (non-hydrogen) atoms. The van der Waals surface area contributed by atoms with Gasteiger partial charge in [0.05, 0.1) is 47.7 Å². The fourth-order valence-electron chi connectivity index (χ4n) is 7.05. The van der Waals surface area contributed by atoms with Gasteiger partial charge in [0.2, 0.25) is 0 Å². The molecule has 1 aromatic heterocycles. The summed E-state index contributed by atoms with van der Waals surface area (Å²) in [5.74, 6) is -2.76. The van der Waals surface area contributed by atoms with Crippen LogP contribution in [0.1, 0.15) is 69.6 Å². The molecule has 2 saturated heterocycles. The van der Waals surface area contributed by atoms with Gasteiger partial charge in [-0.15, -0.1) is 0 Å². The fraction of sp³-hybridized carbons (Fsp3) is 0.415. The molecule has 0 amide bonds. The zero-order valence-electron chi connectivity index (χ0n) is 31.9. The Bertz CT molecular complexity index is 2070. The van der Waals surface area contributed by atoms with Gasteiger partial charge in [-0.2, -0.15) is 0 Å². The Morgan fingerprint density at radius 2 is 1.49 bits per heavy atom. The Morgan fingerprint density at radius 1 is 0.807 bits per heavy atom. The second-order valence-corrected chi connectivity index (χ2v) is 14.3. The van der Waals surface area contributed by atoms with Crippen molar-refractivity contribution >= 4 is 57.8 Å². The standard InChI is InChI=1S/C41H45N3O12S/c1-23(46)50-21-36-39(52-25(3)48)40(53-26(4)49)38(51-24(2)47)35(55-36)18-37(57)43-30-9-7-8-29(16-30)41-54-31(19-44-22-42-32-10-5-6-11-33(32)44)17-34(56-41)28-14-12-27(20-45)13-15-28/h5-16,22,31,34-36,38-41,45H,17-21H2,1-4H3,(H,43,57). The van der Waals surface area contributed by atoms with Crippen LogP contribution in [-0.2, 0) is 65.5 Å². The van der Waals surface area contributed by atoms with E-state index in [2.05, 4.69) is 14.9 Å². The number of fused-ring (bicyclic) bond motifs is 1. The van der Waals surface area contributed by atoms with Crippen molar-refractivity contribution in [3.05, 3.63) is 95.8 Å². The first-order valence-electron chi connectivity index (χ1n) is 18.5. The number of thiocarbonyl (C=S) groups is 1. The van der Waals surface area contributed by atoms with E-state index in [4.69, 9.17) is 45.4 Å². The van der Waals surface area contributed by atoms with Crippen molar-refractivity contribution in [2.75, 3.05) is 11.9 Å². The number of esters is 4. The first-order chi connectivity index (χ1) is 27.4. The SMILES string of the molecule is CC(=O)OCC1OC(CC(=S)Nc2cccc(C3OC(Cn4cnc5ccccc54)CC(c4ccc(CO)cc4)O3)c2)C(OC(C)=O)C(OC(C)=O)C1OC(C)=O. The molecule has 15 nitrogen and oxygen atoms in total. The molecule has 2 fully saturated rings. The lowest BCUT2D eigenvalue weighted by molar-refractivity contribution is -0.252. The summed E-state index contributed by atoms with van der Waals surface area (Å²) in [6.45, 7) is 4.84. The summed E-state index contributed by atoms with van der Waals surface area (Å²) in [6.07, 6.45) is -4.94. The highest BCUT2D eigenvalue weighted by atomic mass is 32.1. The number of nitrogens with zero attached hydrogens (tertiary/aromatic N) is 2. The lowest BCUT2D eigenvalue weighted by atomic mass is 9.92. The summed E-state index contributed by atoms with van der Waals surface area (Å²) in [4.78, 5) is 53.2. The average Bonchev–Trinajstić information content (AvgIpc) is 3.58. The molecule has 0 aliphatic carbocycles. The molecule has 0 bridgehead atoms. The molecule has 2 N–H and O–H groups in total. The maximum absolute atomic E-state index is 12.3. The van der Waals surface area contributed by atoms with Gasteiger partial charge in [0.15, 0.2) is 24.6 Å². The predicted molar refractivity (Wildman–Crippen MR) is 207 cm³/mol. The number of hydrogen-bond acceptors (Lipinski definition) is 14. The van der Waals surface area contributed by atoms with E-state index in [0.717, 1.165) is 36.0 Å². The van der Waals surface area contributed by atoms with Crippen LogP contribution in [0.5, 0.6) is 0 Å². The Hall–Kier alpha value is -5.26. The molecule has 302 valence electrons. The Morgan fingerprint density at radius 3 is 2.18 bits per heavy atom. The summed E-state index contributed by atoms with van der Waals surface area (Å²) < 4.78 is 43.3. The predicted octanol–water partition coefficient (Wildman–Crippen LogP) is 5.03. The smallest absolute Gasteiger partial charge is 0.303 e. The molecule has 2 aliphatic rings. The lowest BCUT2D eigenvalue weighted by Crippen LogP contribution is -2.62. The number of nitrogens with one attached hydrogen (secondary N) is 1. The molecule has 0 radical (unpaired) electrons. The second kappa shape index (κ2) is 18.8. The molecule has 4 aromatic rings. The number of aromatic nitrogens is 2. The zero-order chi connectivity index (χ0) is 40.6. The lowest BCUT2D eigenvalue weighted by Gasteiger charge is -2.44. The molecule has 2 aliphatic heterocycles. The van der Waals surface area contributed by atoms with E-state index >= 15 is 0 Å². The molecule has 0 saturated carbocycles. The number of imidazole rings is 1. The summed E-state index contributed by atoms with van der Waals surface area (Å²) in [5.41, 5.74) is 4.93. The molecule has 0 spiro atoms. The maximum Gasteiger partial charge on any atom is 0.303 e. The Labute approximate surface area is 334 Å². The van der Waals surface area contributed by atoms with Crippen LogP contribution in [0.2, 0.25) is 0 Å². The van der Waals surface area contributed by atoms with Gasteiger partial charge < -0.3 is 48.1 Å². The highest BCUT2D eigenvalue weighted by Gasteiger charge is 2.52. The third-order valence-electron chi connectivity index (χ3n) is 9.46. The first-order valence-corrected chi connectivity index (χ1v) is 18.9. The van der Waals surface area contributed by atoms with Gasteiger partial charge in [0, 0.05) is 51.8 Å². The van der Waals surface area contributed by atoms with Crippen LogP contribution in [0.4, 0.5) is 5.69 Å². The maximum atomic E-state index is 12.3. The van der Waals surface area contributed by atoms with Crippen molar-refractivity contribution in [3.8, 4) is 0 Å². The van der Waals surface area contributed by atoms with Crippen LogP contribution in [0.25, 0.3) is 11.0 Å². The van der Waals surface area contributed by atoms with E-state index in [1.165, 1.54) is 13.8 Å². The van der Waals surface area contributed by atoms with Crippen molar-refractivity contribution in [1.29, 1.82) is 0 Å². The minimum atomic E-state index is -1.30. The van der Waals surface area contributed by atoms with Crippen LogP contribution >= 0.6 is 12.2 Å².